The number of ketones is 1. The predicted molar refractivity (Wildman–Crippen MR) is 226 cm³/mol. The lowest BCUT2D eigenvalue weighted by Gasteiger charge is -2.72. The second-order valence-electron chi connectivity index (χ2n) is 20.8. The van der Waals surface area contributed by atoms with Crippen LogP contribution in [0.4, 0.5) is 0 Å². The topological polar surface area (TPSA) is 133 Å². The van der Waals surface area contributed by atoms with E-state index in [9.17, 15) is 24.3 Å². The van der Waals surface area contributed by atoms with Crippen molar-refractivity contribution < 1.29 is 24.2 Å². The second-order valence-corrected chi connectivity index (χ2v) is 21.6. The smallest absolute Gasteiger partial charge is 0.309 e. The van der Waals surface area contributed by atoms with Crippen molar-refractivity contribution in [1.29, 1.82) is 0 Å². The Bertz CT molecular complexity index is 2100. The Morgan fingerprint density at radius 1 is 0.983 bits per heavy atom. The van der Waals surface area contributed by atoms with E-state index in [0.717, 1.165) is 56.2 Å². The molecule has 0 amide bonds. The van der Waals surface area contributed by atoms with E-state index in [1.54, 1.807) is 30.7 Å². The highest BCUT2D eigenvalue weighted by molar-refractivity contribution is 6.31. The Balaban J connectivity index is 1.28. The number of aliphatic carboxylic acids is 1. The van der Waals surface area contributed by atoms with Crippen LogP contribution in [0, 0.1) is 50.7 Å². The lowest BCUT2D eigenvalue weighted by atomic mass is 9.33. The van der Waals surface area contributed by atoms with Crippen molar-refractivity contribution in [3.05, 3.63) is 55.6 Å². The summed E-state index contributed by atoms with van der Waals surface area (Å²) in [6.07, 6.45) is 8.69. The van der Waals surface area contributed by atoms with Gasteiger partial charge in [0.05, 0.1) is 29.1 Å². The summed E-state index contributed by atoms with van der Waals surface area (Å²) >= 11 is 13.5. The lowest BCUT2D eigenvalue weighted by molar-refractivity contribution is -0.232. The zero-order valence-electron chi connectivity index (χ0n) is 36.2. The average molecular weight is 840 g/mol. The highest BCUT2D eigenvalue weighted by Crippen LogP contribution is 2.77. The number of allylic oxidation sites excluding steroid dienone is 2. The van der Waals surface area contributed by atoms with E-state index in [0.29, 0.717) is 48.6 Å². The van der Waals surface area contributed by atoms with E-state index in [-0.39, 0.29) is 62.4 Å². The number of carboxylic acids is 1. The van der Waals surface area contributed by atoms with Crippen molar-refractivity contribution in [2.45, 2.75) is 145 Å². The maximum Gasteiger partial charge on any atom is 0.309 e. The number of carbonyl (C=O) groups is 3. The number of fused-ring (bicyclic) bond motifs is 7. The van der Waals surface area contributed by atoms with Gasteiger partial charge in [0.25, 0.3) is 5.56 Å². The zero-order valence-corrected chi connectivity index (χ0v) is 37.7. The van der Waals surface area contributed by atoms with Crippen LogP contribution in [-0.2, 0) is 31.1 Å². The third-order valence-electron chi connectivity index (χ3n) is 16.9. The highest BCUT2D eigenvalue weighted by Gasteiger charge is 2.71. The molecular weight excluding hydrogens is 775 g/mol. The molecule has 0 saturated heterocycles. The van der Waals surface area contributed by atoms with Gasteiger partial charge >= 0.3 is 11.9 Å². The summed E-state index contributed by atoms with van der Waals surface area (Å²) in [4.78, 5) is 58.4. The van der Waals surface area contributed by atoms with Crippen LogP contribution >= 0.6 is 23.2 Å². The number of nitrogens with zero attached hydrogens (tertiary/aromatic N) is 3. The molecule has 2 N–H and O–H groups in total. The van der Waals surface area contributed by atoms with E-state index < -0.39 is 22.8 Å². The monoisotopic (exact) mass is 838 g/mol. The largest absolute Gasteiger partial charge is 0.481 e. The number of Topliss-reactive ketones (excluding diaryl/α,β-unsaturated/α-hetero) is 1. The van der Waals surface area contributed by atoms with Gasteiger partial charge in [-0.3, -0.25) is 23.9 Å². The van der Waals surface area contributed by atoms with Crippen molar-refractivity contribution in [3.8, 4) is 5.82 Å². The van der Waals surface area contributed by atoms with Gasteiger partial charge in [-0.25, -0.2) is 4.98 Å². The number of hydrogen-bond donors (Lipinski definition) is 2. The van der Waals surface area contributed by atoms with Crippen LogP contribution in [0.25, 0.3) is 5.82 Å². The number of hydrogen-bond acceptors (Lipinski definition) is 7. The second kappa shape index (κ2) is 14.6. The van der Waals surface area contributed by atoms with E-state index in [1.165, 1.54) is 11.8 Å². The number of likely N-dealkylation sites (N-methyl/N-ethyl adjacent to an activating group) is 1. The molecule has 8 atom stereocenters. The molecule has 2 aromatic rings. The fraction of sp³-hybridized carbons (Fsp3) is 0.717. The third kappa shape index (κ3) is 6.22. The predicted octanol–water partition coefficient (Wildman–Crippen LogP) is 9.21. The molecular formula is C46H64Cl2N4O6. The molecule has 10 nitrogen and oxygen atoms in total. The fourth-order valence-electron chi connectivity index (χ4n) is 13.9. The Kier molecular flexibility index (Phi) is 10.9. The molecule has 7 rings (SSSR count). The molecule has 58 heavy (non-hydrogen) atoms. The van der Waals surface area contributed by atoms with Gasteiger partial charge in [0.1, 0.15) is 11.1 Å². The van der Waals surface area contributed by atoms with Crippen LogP contribution < -0.4 is 10.9 Å². The van der Waals surface area contributed by atoms with Gasteiger partial charge in [0.2, 0.25) is 0 Å². The molecule has 0 spiro atoms. The summed E-state index contributed by atoms with van der Waals surface area (Å²) < 4.78 is 9.76. The first-order valence-corrected chi connectivity index (χ1v) is 22.3. The number of esters is 1. The molecule has 5 aliphatic carbocycles. The summed E-state index contributed by atoms with van der Waals surface area (Å²) in [5.41, 5.74) is 0.188. The number of aromatic nitrogens is 3. The molecule has 5 aliphatic rings. The van der Waals surface area contributed by atoms with Crippen molar-refractivity contribution >= 4 is 40.9 Å². The van der Waals surface area contributed by atoms with Gasteiger partial charge in [-0.2, -0.15) is 4.68 Å². The Labute approximate surface area is 353 Å². The van der Waals surface area contributed by atoms with Crippen molar-refractivity contribution in [2.24, 2.45) is 50.7 Å². The first-order chi connectivity index (χ1) is 27.0. The molecule has 4 fully saturated rings. The fourth-order valence-corrected chi connectivity index (χ4v) is 14.3. The SMILES string of the molecule is CNCCn1c([C@@]23CC[C@]4(C)[C@H](CC[C@@H]5[C@@]6(C)CC[C@H](OC(=O)CC(C)(C)C(=O)O)C(C)(C)[C@@H]6CC[C@]54C)C2=C(C(C)C)C(=O)C3)c(Cl)c(=O)n1-c1ccc(Cl)cn1. The van der Waals surface area contributed by atoms with Crippen molar-refractivity contribution in [2.75, 3.05) is 13.6 Å². The number of carbonyl (C=O) groups excluding carboxylic acids is 2. The van der Waals surface area contributed by atoms with Crippen LogP contribution in [0.5, 0.6) is 0 Å². The van der Waals surface area contributed by atoms with E-state index in [4.69, 9.17) is 27.9 Å². The molecule has 0 radical (unpaired) electrons. The van der Waals surface area contributed by atoms with Crippen LogP contribution in [0.2, 0.25) is 10.0 Å². The molecule has 4 saturated carbocycles. The number of carboxylic acid groups (broad SMARTS) is 1. The van der Waals surface area contributed by atoms with E-state index >= 15 is 0 Å². The molecule has 2 aromatic heterocycles. The number of pyridine rings is 1. The maximum absolute atomic E-state index is 14.6. The maximum atomic E-state index is 14.6. The van der Waals surface area contributed by atoms with E-state index in [1.807, 2.05) is 11.7 Å². The summed E-state index contributed by atoms with van der Waals surface area (Å²) in [5, 5.41) is 13.5. The van der Waals surface area contributed by atoms with Gasteiger partial charge in [-0.15, -0.1) is 0 Å². The van der Waals surface area contributed by atoms with Gasteiger partial charge in [-0.05, 0) is 135 Å². The van der Waals surface area contributed by atoms with Gasteiger partial charge in [0, 0.05) is 30.0 Å². The Morgan fingerprint density at radius 2 is 1.69 bits per heavy atom. The minimum atomic E-state index is -1.19. The number of rotatable bonds is 10. The molecule has 0 aromatic carbocycles. The average Bonchev–Trinajstić information content (AvgIpc) is 3.58. The summed E-state index contributed by atoms with van der Waals surface area (Å²) in [7, 11) is 1.89. The van der Waals surface area contributed by atoms with Gasteiger partial charge in [0.15, 0.2) is 11.6 Å². The van der Waals surface area contributed by atoms with Crippen molar-refractivity contribution in [3.63, 3.8) is 0 Å². The number of ether oxygens (including phenoxy) is 1. The first kappa shape index (κ1) is 43.1. The normalized spacial score (nSPS) is 34.3. The minimum Gasteiger partial charge on any atom is -0.481 e. The lowest BCUT2D eigenvalue weighted by Crippen LogP contribution is -2.66. The molecule has 2 heterocycles. The zero-order chi connectivity index (χ0) is 42.5. The molecule has 0 bridgehead atoms. The number of halogens is 2. The first-order valence-electron chi connectivity index (χ1n) is 21.5. The molecule has 318 valence electrons. The van der Waals surface area contributed by atoms with Crippen LogP contribution in [0.3, 0.4) is 0 Å². The summed E-state index contributed by atoms with van der Waals surface area (Å²) in [6, 6.07) is 3.46. The standard InChI is InChI=1S/C46H64Cl2N4O6/c1-26(2)35-29(53)23-46(38-37(48)39(55)52(51(38)22-21-49-10)33-14-11-27(47)25-50-33)20-19-44(8)28(36(35)46)12-13-31-43(7)17-16-32(58-34(54)24-41(3,4)40(56)57)42(5,6)30(43)15-18-45(31,44)9/h11,14,25-26,28,30-32,49H,12-13,15-24H2,1-10H3,(H,56,57)/t28-,30+,31-,32+,43+,44-,45-,46-/m1/s1. The number of nitrogens with one attached hydrogen (secondary N) is 1. The highest BCUT2D eigenvalue weighted by atomic mass is 35.5. The molecule has 0 aliphatic heterocycles. The summed E-state index contributed by atoms with van der Waals surface area (Å²) in [6.45, 7) is 20.5. The van der Waals surface area contributed by atoms with Gasteiger partial charge < -0.3 is 15.2 Å². The molecule has 12 heteroatoms. The van der Waals surface area contributed by atoms with E-state index in [2.05, 4.69) is 58.8 Å². The third-order valence-corrected chi connectivity index (χ3v) is 17.4. The Morgan fingerprint density at radius 3 is 2.31 bits per heavy atom. The van der Waals surface area contributed by atoms with Crippen molar-refractivity contribution in [1.82, 2.24) is 19.7 Å². The quantitative estimate of drug-likeness (QED) is 0.227. The van der Waals surface area contributed by atoms with Gasteiger partial charge in [-0.1, -0.05) is 71.7 Å². The van der Waals surface area contributed by atoms with Crippen LogP contribution in [-0.4, -0.2) is 56.9 Å². The Hall–Kier alpha value is -2.95. The van der Waals surface area contributed by atoms with Crippen LogP contribution in [0.1, 0.15) is 132 Å². The summed E-state index contributed by atoms with van der Waals surface area (Å²) in [5.74, 6) is 0.0450. The van der Waals surface area contributed by atoms with Crippen LogP contribution in [0.15, 0.2) is 34.3 Å². The molecule has 0 unspecified atom stereocenters. The minimum absolute atomic E-state index is 0.00273.